The molecule has 0 aromatic heterocycles. The van der Waals surface area contributed by atoms with E-state index >= 15 is 0 Å². The molecule has 1 heterocycles. The number of esters is 1. The predicted molar refractivity (Wildman–Crippen MR) is 68.1 cm³/mol. The van der Waals surface area contributed by atoms with Crippen LogP contribution in [0.2, 0.25) is 0 Å². The van der Waals surface area contributed by atoms with Crippen LogP contribution in [0, 0.1) is 5.92 Å². The largest absolute Gasteiger partial charge is 0.468 e. The zero-order chi connectivity index (χ0) is 13.3. The number of methoxy groups -OCH3 is 1. The maximum absolute atomic E-state index is 12.3. The predicted octanol–water partition coefficient (Wildman–Crippen LogP) is 1.87. The molecule has 1 amide bonds. The third-order valence-corrected chi connectivity index (χ3v) is 3.50. The molecule has 2 atom stereocenters. The van der Waals surface area contributed by atoms with Crippen molar-refractivity contribution < 1.29 is 14.3 Å². The van der Waals surface area contributed by atoms with Gasteiger partial charge in [0.15, 0.2) is 5.41 Å². The maximum atomic E-state index is 12.3. The molecular weight excluding hydrogens is 230 g/mol. The summed E-state index contributed by atoms with van der Waals surface area (Å²) in [6, 6.07) is 7.15. The molecule has 0 bridgehead atoms. The number of nitrogens with one attached hydrogen (secondary N) is 1. The first kappa shape index (κ1) is 12.4. The Morgan fingerprint density at radius 1 is 1.50 bits per heavy atom. The van der Waals surface area contributed by atoms with E-state index in [1.165, 1.54) is 7.11 Å². The first-order chi connectivity index (χ1) is 8.58. The summed E-state index contributed by atoms with van der Waals surface area (Å²) in [4.78, 5) is 24.5. The van der Waals surface area contributed by atoms with Crippen molar-refractivity contribution in [3.8, 4) is 0 Å². The summed E-state index contributed by atoms with van der Waals surface area (Å²) in [5, 5.41) is 2.73. The lowest BCUT2D eigenvalue weighted by Crippen LogP contribution is -2.48. The zero-order valence-electron chi connectivity index (χ0n) is 10.4. The molecule has 1 aliphatic rings. The summed E-state index contributed by atoms with van der Waals surface area (Å²) in [6.07, 6.45) is 1.60. The Bertz CT molecular complexity index is 514. The molecule has 18 heavy (non-hydrogen) atoms. The van der Waals surface area contributed by atoms with Crippen molar-refractivity contribution in [3.63, 3.8) is 0 Å². The van der Waals surface area contributed by atoms with Crippen LogP contribution in [0.25, 0.3) is 0 Å². The second kappa shape index (κ2) is 4.29. The normalized spacial score (nSPS) is 22.9. The summed E-state index contributed by atoms with van der Waals surface area (Å²) < 4.78 is 4.84. The molecular formula is C14H15NO3. The molecule has 1 aromatic carbocycles. The molecule has 2 rings (SSSR count). The lowest BCUT2D eigenvalue weighted by atomic mass is 9.71. The van der Waals surface area contributed by atoms with E-state index in [0.29, 0.717) is 11.3 Å². The van der Waals surface area contributed by atoms with Gasteiger partial charge < -0.3 is 10.1 Å². The van der Waals surface area contributed by atoms with E-state index in [-0.39, 0.29) is 11.8 Å². The average molecular weight is 245 g/mol. The summed E-state index contributed by atoms with van der Waals surface area (Å²) in [6.45, 7) is 5.47. The van der Waals surface area contributed by atoms with Gasteiger partial charge in [-0.3, -0.25) is 9.59 Å². The highest BCUT2D eigenvalue weighted by molar-refractivity contribution is 6.19. The molecule has 0 radical (unpaired) electrons. The first-order valence-corrected chi connectivity index (χ1v) is 5.71. The SMILES string of the molecule is C=C[C@H](C)C1(C(=O)OC)C(=O)Nc2ccccc21. The molecule has 4 heteroatoms. The molecule has 1 N–H and O–H groups in total. The lowest BCUT2D eigenvalue weighted by Gasteiger charge is -2.28. The fraction of sp³-hybridized carbons (Fsp3) is 0.286. The van der Waals surface area contributed by atoms with Gasteiger partial charge in [-0.05, 0) is 6.07 Å². The van der Waals surface area contributed by atoms with Crippen LogP contribution in [0.5, 0.6) is 0 Å². The number of benzene rings is 1. The number of para-hydroxylation sites is 1. The molecule has 1 unspecified atom stereocenters. The highest BCUT2D eigenvalue weighted by Gasteiger charge is 2.56. The Hall–Kier alpha value is -2.10. The molecule has 94 valence electrons. The number of ether oxygens (including phenoxy) is 1. The third kappa shape index (κ3) is 1.38. The van der Waals surface area contributed by atoms with Crippen molar-refractivity contribution in [3.05, 3.63) is 42.5 Å². The van der Waals surface area contributed by atoms with Gasteiger partial charge in [-0.2, -0.15) is 0 Å². The van der Waals surface area contributed by atoms with Crippen molar-refractivity contribution in [1.29, 1.82) is 0 Å². The Morgan fingerprint density at radius 2 is 2.17 bits per heavy atom. The zero-order valence-corrected chi connectivity index (χ0v) is 10.4. The van der Waals surface area contributed by atoms with Crippen LogP contribution in [0.3, 0.4) is 0 Å². The number of allylic oxidation sites excluding steroid dienone is 1. The number of anilines is 1. The summed E-state index contributed by atoms with van der Waals surface area (Å²) in [5.74, 6) is -1.27. The number of hydrogen-bond donors (Lipinski definition) is 1. The van der Waals surface area contributed by atoms with E-state index in [1.807, 2.05) is 6.07 Å². The fourth-order valence-corrected chi connectivity index (χ4v) is 2.46. The van der Waals surface area contributed by atoms with Crippen LogP contribution in [-0.4, -0.2) is 19.0 Å². The number of carbonyl (C=O) groups is 2. The van der Waals surface area contributed by atoms with Crippen molar-refractivity contribution in [2.75, 3.05) is 12.4 Å². The van der Waals surface area contributed by atoms with E-state index in [4.69, 9.17) is 4.74 Å². The van der Waals surface area contributed by atoms with E-state index in [9.17, 15) is 9.59 Å². The summed E-state index contributed by atoms with van der Waals surface area (Å²) >= 11 is 0. The smallest absolute Gasteiger partial charge is 0.326 e. The Kier molecular flexibility index (Phi) is 2.95. The topological polar surface area (TPSA) is 55.4 Å². The first-order valence-electron chi connectivity index (χ1n) is 5.71. The average Bonchev–Trinajstić information content (AvgIpc) is 2.70. The minimum absolute atomic E-state index is 0.353. The second-order valence-electron chi connectivity index (χ2n) is 4.32. The minimum atomic E-state index is -1.33. The summed E-state index contributed by atoms with van der Waals surface area (Å²) in [5.41, 5.74) is -0.0246. The highest BCUT2D eigenvalue weighted by Crippen LogP contribution is 2.44. The molecule has 0 aliphatic carbocycles. The number of amides is 1. The van der Waals surface area contributed by atoms with Gasteiger partial charge in [0.2, 0.25) is 5.91 Å². The molecule has 0 spiro atoms. The molecule has 0 saturated carbocycles. The van der Waals surface area contributed by atoms with Crippen LogP contribution in [0.15, 0.2) is 36.9 Å². The van der Waals surface area contributed by atoms with E-state index < -0.39 is 11.4 Å². The molecule has 4 nitrogen and oxygen atoms in total. The number of rotatable bonds is 3. The maximum Gasteiger partial charge on any atom is 0.326 e. The standard InChI is InChI=1S/C14H15NO3/c1-4-9(2)14(13(17)18-3)10-7-5-6-8-11(10)15-12(14)16/h4-9H,1H2,2-3H3,(H,15,16)/t9-,14?/m0/s1. The van der Waals surface area contributed by atoms with E-state index in [0.717, 1.165) is 0 Å². The monoisotopic (exact) mass is 245 g/mol. The van der Waals surface area contributed by atoms with Gasteiger partial charge in [0.05, 0.1) is 7.11 Å². The summed E-state index contributed by atoms with van der Waals surface area (Å²) in [7, 11) is 1.29. The second-order valence-corrected chi connectivity index (χ2v) is 4.32. The Morgan fingerprint density at radius 3 is 2.78 bits per heavy atom. The van der Waals surface area contributed by atoms with Gasteiger partial charge >= 0.3 is 5.97 Å². The van der Waals surface area contributed by atoms with E-state index in [2.05, 4.69) is 11.9 Å². The van der Waals surface area contributed by atoms with Crippen LogP contribution in [-0.2, 0) is 19.7 Å². The van der Waals surface area contributed by atoms with Crippen molar-refractivity contribution in [2.45, 2.75) is 12.3 Å². The Labute approximate surface area is 106 Å². The highest BCUT2D eigenvalue weighted by atomic mass is 16.5. The van der Waals surface area contributed by atoms with Gasteiger partial charge in [0.25, 0.3) is 0 Å². The van der Waals surface area contributed by atoms with Gasteiger partial charge in [-0.25, -0.2) is 0 Å². The van der Waals surface area contributed by atoms with Crippen molar-refractivity contribution in [1.82, 2.24) is 0 Å². The van der Waals surface area contributed by atoms with Gasteiger partial charge in [0, 0.05) is 17.2 Å². The van der Waals surface area contributed by atoms with Crippen molar-refractivity contribution in [2.24, 2.45) is 5.92 Å². The number of hydrogen-bond acceptors (Lipinski definition) is 3. The number of fused-ring (bicyclic) bond motifs is 1. The van der Waals surface area contributed by atoms with Crippen LogP contribution >= 0.6 is 0 Å². The van der Waals surface area contributed by atoms with Crippen LogP contribution in [0.1, 0.15) is 12.5 Å². The van der Waals surface area contributed by atoms with Crippen LogP contribution in [0.4, 0.5) is 5.69 Å². The van der Waals surface area contributed by atoms with Gasteiger partial charge in [-0.1, -0.05) is 31.2 Å². The molecule has 1 aliphatic heterocycles. The van der Waals surface area contributed by atoms with Crippen LogP contribution < -0.4 is 5.32 Å². The van der Waals surface area contributed by atoms with Gasteiger partial charge in [-0.15, -0.1) is 6.58 Å². The van der Waals surface area contributed by atoms with E-state index in [1.54, 1.807) is 31.2 Å². The minimum Gasteiger partial charge on any atom is -0.468 e. The van der Waals surface area contributed by atoms with Crippen molar-refractivity contribution >= 4 is 17.6 Å². The van der Waals surface area contributed by atoms with Gasteiger partial charge in [0.1, 0.15) is 0 Å². The Balaban J connectivity index is 2.71. The molecule has 0 saturated heterocycles. The molecule has 0 fully saturated rings. The third-order valence-electron chi connectivity index (χ3n) is 3.50. The molecule has 1 aromatic rings. The lowest BCUT2D eigenvalue weighted by molar-refractivity contribution is -0.152. The quantitative estimate of drug-likeness (QED) is 0.502. The fourth-order valence-electron chi connectivity index (χ4n) is 2.46. The number of carbonyl (C=O) groups excluding carboxylic acids is 2.